The SMILES string of the molecule is c1ccc2c(c1)CCC(NC1=NC3CCCC3CS1)C2. The Morgan fingerprint density at radius 2 is 2.00 bits per heavy atom. The van der Waals surface area contributed by atoms with E-state index < -0.39 is 0 Å². The van der Waals surface area contributed by atoms with E-state index in [4.69, 9.17) is 4.99 Å². The fraction of sp³-hybridized carbons (Fsp3) is 0.588. The van der Waals surface area contributed by atoms with E-state index in [-0.39, 0.29) is 0 Å². The molecule has 4 rings (SSSR count). The number of aryl methyl sites for hydroxylation is 1. The zero-order chi connectivity index (χ0) is 13.4. The summed E-state index contributed by atoms with van der Waals surface area (Å²) in [5, 5.41) is 4.94. The van der Waals surface area contributed by atoms with Crippen LogP contribution in [0.1, 0.15) is 36.8 Å². The summed E-state index contributed by atoms with van der Waals surface area (Å²) < 4.78 is 0. The van der Waals surface area contributed by atoms with Gasteiger partial charge in [0.05, 0.1) is 6.04 Å². The van der Waals surface area contributed by atoms with E-state index in [1.54, 1.807) is 5.56 Å². The van der Waals surface area contributed by atoms with Crippen molar-refractivity contribution in [1.82, 2.24) is 5.32 Å². The summed E-state index contributed by atoms with van der Waals surface area (Å²) in [6, 6.07) is 10.1. The smallest absolute Gasteiger partial charge is 0.157 e. The van der Waals surface area contributed by atoms with Gasteiger partial charge in [0.15, 0.2) is 5.17 Å². The third kappa shape index (κ3) is 2.48. The molecule has 20 heavy (non-hydrogen) atoms. The van der Waals surface area contributed by atoms with Crippen molar-refractivity contribution < 1.29 is 0 Å². The molecule has 2 aliphatic carbocycles. The number of rotatable bonds is 1. The number of nitrogens with one attached hydrogen (secondary N) is 1. The van der Waals surface area contributed by atoms with E-state index in [1.165, 1.54) is 48.6 Å². The van der Waals surface area contributed by atoms with Crippen molar-refractivity contribution in [2.24, 2.45) is 10.9 Å². The second kappa shape index (κ2) is 5.44. The van der Waals surface area contributed by atoms with Crippen LogP contribution in [0.4, 0.5) is 0 Å². The maximum atomic E-state index is 4.96. The van der Waals surface area contributed by atoms with E-state index in [0.29, 0.717) is 12.1 Å². The van der Waals surface area contributed by atoms with Gasteiger partial charge in [0, 0.05) is 11.8 Å². The summed E-state index contributed by atoms with van der Waals surface area (Å²) in [7, 11) is 0. The highest BCUT2D eigenvalue weighted by Crippen LogP contribution is 2.35. The Hall–Kier alpha value is -0.960. The van der Waals surface area contributed by atoms with Crippen LogP contribution in [0.3, 0.4) is 0 Å². The number of hydrogen-bond donors (Lipinski definition) is 1. The highest BCUT2D eigenvalue weighted by Gasteiger charge is 2.31. The van der Waals surface area contributed by atoms with Crippen molar-refractivity contribution in [2.75, 3.05) is 5.75 Å². The first kappa shape index (κ1) is 12.8. The molecule has 1 fully saturated rings. The normalized spacial score (nSPS) is 32.2. The average Bonchev–Trinajstić information content (AvgIpc) is 2.95. The quantitative estimate of drug-likeness (QED) is 0.855. The standard InChI is InChI=1S/C17H22N2S/c1-2-5-13-10-15(9-8-12(13)4-1)18-17-19-16-7-3-6-14(16)11-20-17/h1-2,4-5,14-16H,3,6-11H2,(H,18,19). The minimum atomic E-state index is 0.578. The summed E-state index contributed by atoms with van der Waals surface area (Å²) >= 11 is 1.95. The van der Waals surface area contributed by atoms with E-state index in [1.807, 2.05) is 11.8 Å². The van der Waals surface area contributed by atoms with Gasteiger partial charge in [-0.1, -0.05) is 42.4 Å². The lowest BCUT2D eigenvalue weighted by Crippen LogP contribution is -2.40. The maximum absolute atomic E-state index is 4.96. The minimum absolute atomic E-state index is 0.578. The predicted octanol–water partition coefficient (Wildman–Crippen LogP) is 3.41. The molecule has 3 unspecified atom stereocenters. The van der Waals surface area contributed by atoms with E-state index >= 15 is 0 Å². The van der Waals surface area contributed by atoms with Gasteiger partial charge in [-0.3, -0.25) is 4.99 Å². The van der Waals surface area contributed by atoms with Crippen LogP contribution in [0.25, 0.3) is 0 Å². The molecule has 0 amide bonds. The van der Waals surface area contributed by atoms with Crippen molar-refractivity contribution in [3.63, 3.8) is 0 Å². The molecule has 0 aromatic heterocycles. The summed E-state index contributed by atoms with van der Waals surface area (Å²) in [6.45, 7) is 0. The largest absolute Gasteiger partial charge is 0.362 e. The predicted molar refractivity (Wildman–Crippen MR) is 86.4 cm³/mol. The Labute approximate surface area is 125 Å². The van der Waals surface area contributed by atoms with Crippen molar-refractivity contribution in [3.05, 3.63) is 35.4 Å². The fourth-order valence-electron chi connectivity index (χ4n) is 3.83. The van der Waals surface area contributed by atoms with E-state index in [0.717, 1.165) is 12.3 Å². The molecule has 3 atom stereocenters. The number of hydrogen-bond acceptors (Lipinski definition) is 3. The van der Waals surface area contributed by atoms with E-state index in [2.05, 4.69) is 29.6 Å². The molecule has 0 bridgehead atoms. The van der Waals surface area contributed by atoms with Gasteiger partial charge in [-0.05, 0) is 49.1 Å². The Kier molecular flexibility index (Phi) is 3.47. The summed E-state index contributed by atoms with van der Waals surface area (Å²) in [4.78, 5) is 4.96. The first-order chi connectivity index (χ1) is 9.88. The molecule has 1 N–H and O–H groups in total. The molecular formula is C17H22N2S. The lowest BCUT2D eigenvalue weighted by atomic mass is 9.88. The van der Waals surface area contributed by atoms with Crippen LogP contribution in [0.2, 0.25) is 0 Å². The van der Waals surface area contributed by atoms with Crippen LogP contribution in [-0.4, -0.2) is 23.0 Å². The van der Waals surface area contributed by atoms with Gasteiger partial charge in [0.25, 0.3) is 0 Å². The maximum Gasteiger partial charge on any atom is 0.157 e. The number of amidine groups is 1. The van der Waals surface area contributed by atoms with Crippen LogP contribution < -0.4 is 5.32 Å². The Bertz CT molecular complexity index is 525. The second-order valence-corrected chi connectivity index (χ2v) is 7.37. The van der Waals surface area contributed by atoms with Crippen LogP contribution in [0.15, 0.2) is 29.3 Å². The summed E-state index contributed by atoms with van der Waals surface area (Å²) in [5.41, 5.74) is 3.07. The number of thioether (sulfide) groups is 1. The average molecular weight is 286 g/mol. The Morgan fingerprint density at radius 1 is 1.10 bits per heavy atom. The first-order valence-electron chi connectivity index (χ1n) is 7.92. The molecular weight excluding hydrogens is 264 g/mol. The van der Waals surface area contributed by atoms with Crippen molar-refractivity contribution >= 4 is 16.9 Å². The lowest BCUT2D eigenvalue weighted by Gasteiger charge is -2.29. The van der Waals surface area contributed by atoms with Crippen molar-refractivity contribution in [3.8, 4) is 0 Å². The summed E-state index contributed by atoms with van der Waals surface area (Å²) in [5.74, 6) is 2.14. The Balaban J connectivity index is 1.43. The highest BCUT2D eigenvalue weighted by molar-refractivity contribution is 8.13. The molecule has 2 nitrogen and oxygen atoms in total. The zero-order valence-electron chi connectivity index (χ0n) is 11.8. The van der Waals surface area contributed by atoms with Crippen molar-refractivity contribution in [2.45, 2.75) is 50.6 Å². The molecule has 1 aromatic rings. The molecule has 1 heterocycles. The van der Waals surface area contributed by atoms with Gasteiger partial charge in [-0.2, -0.15) is 0 Å². The van der Waals surface area contributed by atoms with Crippen LogP contribution in [0, 0.1) is 5.92 Å². The van der Waals surface area contributed by atoms with Gasteiger partial charge >= 0.3 is 0 Å². The number of aliphatic imine (C=N–C) groups is 1. The topological polar surface area (TPSA) is 24.4 Å². The molecule has 1 aliphatic heterocycles. The lowest BCUT2D eigenvalue weighted by molar-refractivity contribution is 0.511. The number of nitrogens with zero attached hydrogens (tertiary/aromatic N) is 1. The van der Waals surface area contributed by atoms with Gasteiger partial charge in [0.2, 0.25) is 0 Å². The van der Waals surface area contributed by atoms with E-state index in [9.17, 15) is 0 Å². The van der Waals surface area contributed by atoms with Crippen LogP contribution in [0.5, 0.6) is 0 Å². The van der Waals surface area contributed by atoms with Crippen molar-refractivity contribution in [1.29, 1.82) is 0 Å². The van der Waals surface area contributed by atoms with Gasteiger partial charge in [-0.25, -0.2) is 0 Å². The van der Waals surface area contributed by atoms with Gasteiger partial charge < -0.3 is 5.32 Å². The van der Waals surface area contributed by atoms with Crippen LogP contribution >= 0.6 is 11.8 Å². The molecule has 3 aliphatic rings. The highest BCUT2D eigenvalue weighted by atomic mass is 32.2. The summed E-state index contributed by atoms with van der Waals surface area (Å²) in [6.07, 6.45) is 7.69. The van der Waals surface area contributed by atoms with Crippen LogP contribution in [-0.2, 0) is 12.8 Å². The molecule has 0 spiro atoms. The third-order valence-electron chi connectivity index (χ3n) is 5.01. The van der Waals surface area contributed by atoms with Gasteiger partial charge in [-0.15, -0.1) is 0 Å². The zero-order valence-corrected chi connectivity index (χ0v) is 12.7. The molecule has 106 valence electrons. The molecule has 0 saturated heterocycles. The molecule has 1 saturated carbocycles. The molecule has 0 radical (unpaired) electrons. The minimum Gasteiger partial charge on any atom is -0.362 e. The number of benzene rings is 1. The second-order valence-electron chi connectivity index (χ2n) is 6.36. The fourth-order valence-corrected chi connectivity index (χ4v) is 5.05. The molecule has 1 aromatic carbocycles. The first-order valence-corrected chi connectivity index (χ1v) is 8.91. The number of fused-ring (bicyclic) bond motifs is 2. The van der Waals surface area contributed by atoms with Gasteiger partial charge in [0.1, 0.15) is 0 Å². The Morgan fingerprint density at radius 3 is 2.95 bits per heavy atom. The monoisotopic (exact) mass is 286 g/mol. The third-order valence-corrected chi connectivity index (χ3v) is 6.10. The molecule has 3 heteroatoms.